The van der Waals surface area contributed by atoms with Gasteiger partial charge in [-0.2, -0.15) is 0 Å². The van der Waals surface area contributed by atoms with Crippen molar-refractivity contribution in [3.05, 3.63) is 70.7 Å². The summed E-state index contributed by atoms with van der Waals surface area (Å²) in [6.45, 7) is 3.56. The largest absolute Gasteiger partial charge is 0.493 e. The molecule has 0 spiro atoms. The smallest absolute Gasteiger partial charge is 0.171 e. The topological polar surface area (TPSA) is 59.6 Å². The maximum Gasteiger partial charge on any atom is 0.171 e. The number of hydrogen-bond donors (Lipinski definition) is 2. The Labute approximate surface area is 168 Å². The number of allylic oxidation sites excluding steroid dienone is 1. The van der Waals surface area contributed by atoms with Gasteiger partial charge in [0, 0.05) is 16.8 Å². The molecule has 5 nitrogen and oxygen atoms in total. The van der Waals surface area contributed by atoms with Gasteiger partial charge in [0.25, 0.3) is 0 Å². The standard InChI is InChI=1S/C21H21FN2O3S/c1-12-18(13(2)25)19(24-21(28)23-12)16-5-4-6-17(26-3)20(16)27-11-14-7-9-15(22)10-8-14/h4-10,19H,11H2,1-3H3,(H2,23,24,28). The Hall–Kier alpha value is -2.93. The van der Waals surface area contributed by atoms with Crippen LogP contribution in [0.4, 0.5) is 4.39 Å². The van der Waals surface area contributed by atoms with E-state index in [-0.39, 0.29) is 18.2 Å². The fourth-order valence-electron chi connectivity index (χ4n) is 3.21. The Morgan fingerprint density at radius 3 is 2.57 bits per heavy atom. The predicted molar refractivity (Wildman–Crippen MR) is 109 cm³/mol. The van der Waals surface area contributed by atoms with Crippen molar-refractivity contribution in [3.8, 4) is 11.5 Å². The molecular weight excluding hydrogens is 379 g/mol. The molecule has 1 unspecified atom stereocenters. The predicted octanol–water partition coefficient (Wildman–Crippen LogP) is 3.80. The zero-order valence-corrected chi connectivity index (χ0v) is 16.7. The number of halogens is 1. The van der Waals surface area contributed by atoms with Gasteiger partial charge in [-0.1, -0.05) is 24.3 Å². The number of methoxy groups -OCH3 is 1. The van der Waals surface area contributed by atoms with Crippen LogP contribution in [-0.2, 0) is 11.4 Å². The van der Waals surface area contributed by atoms with Gasteiger partial charge >= 0.3 is 0 Å². The van der Waals surface area contributed by atoms with Crippen LogP contribution in [0.25, 0.3) is 0 Å². The summed E-state index contributed by atoms with van der Waals surface area (Å²) in [4.78, 5) is 12.3. The number of hydrogen-bond acceptors (Lipinski definition) is 4. The number of rotatable bonds is 6. The maximum absolute atomic E-state index is 13.1. The summed E-state index contributed by atoms with van der Waals surface area (Å²) in [7, 11) is 1.55. The number of carbonyl (C=O) groups is 1. The molecule has 0 aliphatic carbocycles. The number of ketones is 1. The number of carbonyl (C=O) groups excluding carboxylic acids is 1. The molecule has 0 bridgehead atoms. The minimum absolute atomic E-state index is 0.0719. The SMILES string of the molecule is COc1cccc(C2NC(=S)NC(C)=C2C(C)=O)c1OCc1ccc(F)cc1. The highest BCUT2D eigenvalue weighted by Crippen LogP contribution is 2.39. The molecule has 1 atom stereocenters. The molecule has 1 heterocycles. The summed E-state index contributed by atoms with van der Waals surface area (Å²) in [5.41, 5.74) is 2.82. The number of Topliss-reactive ketones (excluding diaryl/α,β-unsaturated/α-hetero) is 1. The van der Waals surface area contributed by atoms with E-state index in [9.17, 15) is 9.18 Å². The van der Waals surface area contributed by atoms with Crippen molar-refractivity contribution < 1.29 is 18.7 Å². The van der Waals surface area contributed by atoms with Gasteiger partial charge in [0.1, 0.15) is 12.4 Å². The van der Waals surface area contributed by atoms with Gasteiger partial charge in [-0.05, 0) is 49.8 Å². The van der Waals surface area contributed by atoms with Crippen molar-refractivity contribution >= 4 is 23.1 Å². The van der Waals surface area contributed by atoms with Gasteiger partial charge in [-0.15, -0.1) is 0 Å². The van der Waals surface area contributed by atoms with Crippen LogP contribution in [0.15, 0.2) is 53.7 Å². The summed E-state index contributed by atoms with van der Waals surface area (Å²) < 4.78 is 24.7. The van der Waals surface area contributed by atoms with E-state index in [1.54, 1.807) is 25.3 Å². The molecular formula is C21H21FN2O3S. The molecule has 0 aromatic heterocycles. The van der Waals surface area contributed by atoms with Gasteiger partial charge in [-0.25, -0.2) is 4.39 Å². The second-order valence-corrected chi connectivity index (χ2v) is 6.83. The third kappa shape index (κ3) is 4.14. The monoisotopic (exact) mass is 400 g/mol. The van der Waals surface area contributed by atoms with E-state index in [4.69, 9.17) is 21.7 Å². The fraction of sp³-hybridized carbons (Fsp3) is 0.238. The minimum atomic E-state index is -0.468. The Bertz CT molecular complexity index is 941. The lowest BCUT2D eigenvalue weighted by Crippen LogP contribution is -2.44. The van der Waals surface area contributed by atoms with Gasteiger partial charge in [-0.3, -0.25) is 4.79 Å². The van der Waals surface area contributed by atoms with E-state index < -0.39 is 6.04 Å². The number of nitrogens with one attached hydrogen (secondary N) is 2. The van der Waals surface area contributed by atoms with Crippen LogP contribution >= 0.6 is 12.2 Å². The van der Waals surface area contributed by atoms with Crippen molar-refractivity contribution in [1.29, 1.82) is 0 Å². The van der Waals surface area contributed by atoms with E-state index in [1.165, 1.54) is 19.1 Å². The molecule has 7 heteroatoms. The lowest BCUT2D eigenvalue weighted by molar-refractivity contribution is -0.114. The van der Waals surface area contributed by atoms with Crippen molar-refractivity contribution in [3.63, 3.8) is 0 Å². The normalized spacial score (nSPS) is 16.3. The van der Waals surface area contributed by atoms with Crippen molar-refractivity contribution in [2.45, 2.75) is 26.5 Å². The molecule has 28 heavy (non-hydrogen) atoms. The van der Waals surface area contributed by atoms with Crippen LogP contribution in [0.1, 0.15) is 31.0 Å². The highest BCUT2D eigenvalue weighted by Gasteiger charge is 2.31. The third-order valence-electron chi connectivity index (χ3n) is 4.49. The van der Waals surface area contributed by atoms with E-state index >= 15 is 0 Å². The Kier molecular flexibility index (Phi) is 5.94. The lowest BCUT2D eigenvalue weighted by atomic mass is 9.92. The summed E-state index contributed by atoms with van der Waals surface area (Å²) >= 11 is 5.28. The molecule has 1 aliphatic rings. The van der Waals surface area contributed by atoms with E-state index in [2.05, 4.69) is 10.6 Å². The molecule has 146 valence electrons. The molecule has 2 N–H and O–H groups in total. The van der Waals surface area contributed by atoms with E-state index in [0.717, 1.165) is 11.1 Å². The van der Waals surface area contributed by atoms with Crippen LogP contribution in [0, 0.1) is 5.82 Å². The molecule has 2 aromatic rings. The van der Waals surface area contributed by atoms with Gasteiger partial charge in [0.2, 0.25) is 0 Å². The Morgan fingerprint density at radius 2 is 1.93 bits per heavy atom. The summed E-state index contributed by atoms with van der Waals surface area (Å²) in [5.74, 6) is 0.660. The molecule has 0 saturated carbocycles. The highest BCUT2D eigenvalue weighted by atomic mass is 32.1. The second-order valence-electron chi connectivity index (χ2n) is 6.42. The quantitative estimate of drug-likeness (QED) is 0.720. The zero-order valence-electron chi connectivity index (χ0n) is 15.8. The first-order chi connectivity index (χ1) is 13.4. The molecule has 3 rings (SSSR count). The number of para-hydroxylation sites is 1. The first-order valence-electron chi connectivity index (χ1n) is 8.74. The number of benzene rings is 2. The molecule has 0 radical (unpaired) electrons. The average Bonchev–Trinajstić information content (AvgIpc) is 2.66. The summed E-state index contributed by atoms with van der Waals surface area (Å²) in [6, 6.07) is 11.1. The summed E-state index contributed by atoms with van der Waals surface area (Å²) in [5, 5.41) is 6.57. The van der Waals surface area contributed by atoms with E-state index in [1.807, 2.05) is 19.1 Å². The summed E-state index contributed by atoms with van der Waals surface area (Å²) in [6.07, 6.45) is 0. The van der Waals surface area contributed by atoms with Crippen molar-refractivity contribution in [2.24, 2.45) is 0 Å². The first-order valence-corrected chi connectivity index (χ1v) is 9.15. The molecule has 0 amide bonds. The third-order valence-corrected chi connectivity index (χ3v) is 4.71. The van der Waals surface area contributed by atoms with Gasteiger partial charge < -0.3 is 20.1 Å². The van der Waals surface area contributed by atoms with Crippen LogP contribution in [0.3, 0.4) is 0 Å². The molecule has 2 aromatic carbocycles. The van der Waals surface area contributed by atoms with Crippen LogP contribution in [0.2, 0.25) is 0 Å². The van der Waals surface area contributed by atoms with E-state index in [0.29, 0.717) is 27.9 Å². The zero-order chi connectivity index (χ0) is 20.3. The van der Waals surface area contributed by atoms with Crippen LogP contribution < -0.4 is 20.1 Å². The molecule has 0 fully saturated rings. The Morgan fingerprint density at radius 1 is 1.21 bits per heavy atom. The Balaban J connectivity index is 2.01. The number of ether oxygens (including phenoxy) is 2. The first kappa shape index (κ1) is 19.8. The molecule has 0 saturated heterocycles. The average molecular weight is 400 g/mol. The van der Waals surface area contributed by atoms with Crippen LogP contribution in [0.5, 0.6) is 11.5 Å². The maximum atomic E-state index is 13.1. The van der Waals surface area contributed by atoms with Crippen LogP contribution in [-0.4, -0.2) is 18.0 Å². The second kappa shape index (κ2) is 8.39. The van der Waals surface area contributed by atoms with Gasteiger partial charge in [0.15, 0.2) is 22.4 Å². The minimum Gasteiger partial charge on any atom is -0.493 e. The highest BCUT2D eigenvalue weighted by molar-refractivity contribution is 7.80. The lowest BCUT2D eigenvalue weighted by Gasteiger charge is -2.31. The molecule has 1 aliphatic heterocycles. The van der Waals surface area contributed by atoms with Gasteiger partial charge in [0.05, 0.1) is 13.2 Å². The van der Waals surface area contributed by atoms with Crippen molar-refractivity contribution in [2.75, 3.05) is 7.11 Å². The fourth-order valence-corrected chi connectivity index (χ4v) is 3.48. The number of thiocarbonyl (C=S) groups is 1. The van der Waals surface area contributed by atoms with Crippen molar-refractivity contribution in [1.82, 2.24) is 10.6 Å².